The third-order valence-electron chi connectivity index (χ3n) is 2.73. The third-order valence-corrected chi connectivity index (χ3v) is 4.28. The maximum Gasteiger partial charge on any atom is 0.119 e. The third kappa shape index (κ3) is 4.34. The second kappa shape index (κ2) is 7.43. The first kappa shape index (κ1) is 15.0. The van der Waals surface area contributed by atoms with Gasteiger partial charge in [-0.15, -0.1) is 0 Å². The zero-order chi connectivity index (χ0) is 14.4. The molecule has 2 rings (SSSR count). The van der Waals surface area contributed by atoms with Gasteiger partial charge in [-0.2, -0.15) is 0 Å². The van der Waals surface area contributed by atoms with Crippen LogP contribution in [0, 0.1) is 0 Å². The van der Waals surface area contributed by atoms with Crippen molar-refractivity contribution in [1.29, 1.82) is 0 Å². The van der Waals surface area contributed by atoms with Gasteiger partial charge in [0.2, 0.25) is 0 Å². The molecular weight excluding hydrogens is 294 g/mol. The van der Waals surface area contributed by atoms with Gasteiger partial charge < -0.3 is 10.5 Å². The van der Waals surface area contributed by atoms with Crippen LogP contribution >= 0.6 is 11.6 Å². The van der Waals surface area contributed by atoms with Crippen molar-refractivity contribution in [3.8, 4) is 5.75 Å². The fraction of sp³-hybridized carbons (Fsp3) is 0.200. The molecule has 1 atom stereocenters. The molecule has 0 bridgehead atoms. The van der Waals surface area contributed by atoms with Crippen molar-refractivity contribution in [2.24, 2.45) is 5.73 Å². The molecule has 3 nitrogen and oxygen atoms in total. The van der Waals surface area contributed by atoms with Crippen molar-refractivity contribution in [2.75, 3.05) is 12.4 Å². The molecule has 0 saturated heterocycles. The lowest BCUT2D eigenvalue weighted by Crippen LogP contribution is -2.09. The van der Waals surface area contributed by atoms with Crippen LogP contribution in [0.25, 0.3) is 0 Å². The van der Waals surface area contributed by atoms with Gasteiger partial charge in [0.05, 0.1) is 16.6 Å². The summed E-state index contributed by atoms with van der Waals surface area (Å²) >= 11 is 5.87. The average molecular weight is 310 g/mol. The van der Waals surface area contributed by atoms with Crippen LogP contribution in [0.15, 0.2) is 53.4 Å². The molecule has 0 spiro atoms. The molecule has 5 heteroatoms. The minimum atomic E-state index is -1.11. The Morgan fingerprint density at radius 1 is 1.15 bits per heavy atom. The van der Waals surface area contributed by atoms with Crippen LogP contribution in [-0.2, 0) is 17.3 Å². The van der Waals surface area contributed by atoms with Crippen molar-refractivity contribution < 1.29 is 8.95 Å². The number of nitrogens with two attached hydrogens (primary N) is 1. The smallest absolute Gasteiger partial charge is 0.119 e. The maximum absolute atomic E-state index is 12.1. The molecule has 0 radical (unpaired) electrons. The largest absolute Gasteiger partial charge is 0.493 e. The van der Waals surface area contributed by atoms with E-state index in [1.807, 2.05) is 24.3 Å². The lowest BCUT2D eigenvalue weighted by molar-refractivity contribution is 0.342. The minimum Gasteiger partial charge on any atom is -0.493 e. The van der Waals surface area contributed by atoms with E-state index in [1.165, 1.54) is 0 Å². The Balaban J connectivity index is 1.88. The molecule has 1 unspecified atom stereocenters. The molecule has 0 amide bonds. The van der Waals surface area contributed by atoms with E-state index < -0.39 is 10.8 Å². The van der Waals surface area contributed by atoms with Gasteiger partial charge in [-0.05, 0) is 35.9 Å². The molecule has 0 aliphatic rings. The second-order valence-corrected chi connectivity index (χ2v) is 6.21. The Morgan fingerprint density at radius 2 is 1.95 bits per heavy atom. The Labute approximate surface area is 126 Å². The fourth-order valence-electron chi connectivity index (χ4n) is 1.72. The summed E-state index contributed by atoms with van der Waals surface area (Å²) in [5.74, 6) is 1.17. The minimum absolute atomic E-state index is 0.382. The Kier molecular flexibility index (Phi) is 5.59. The van der Waals surface area contributed by atoms with E-state index >= 15 is 0 Å². The normalized spacial score (nSPS) is 12.1. The van der Waals surface area contributed by atoms with Crippen molar-refractivity contribution >= 4 is 22.4 Å². The fourth-order valence-corrected chi connectivity index (χ4v) is 2.94. The maximum atomic E-state index is 12.1. The Morgan fingerprint density at radius 3 is 2.70 bits per heavy atom. The highest BCUT2D eigenvalue weighted by Crippen LogP contribution is 2.15. The molecule has 2 aromatic rings. The molecule has 106 valence electrons. The highest BCUT2D eigenvalue weighted by atomic mass is 35.5. The van der Waals surface area contributed by atoms with E-state index in [2.05, 4.69) is 0 Å². The number of hydrogen-bond donors (Lipinski definition) is 1. The van der Waals surface area contributed by atoms with Gasteiger partial charge in [0.15, 0.2) is 0 Å². The molecule has 2 N–H and O–H groups in total. The van der Waals surface area contributed by atoms with Crippen molar-refractivity contribution in [3.63, 3.8) is 0 Å². The van der Waals surface area contributed by atoms with Gasteiger partial charge in [-0.25, -0.2) is 0 Å². The Bertz CT molecular complexity index is 604. The number of halogens is 1. The number of hydrogen-bond acceptors (Lipinski definition) is 3. The van der Waals surface area contributed by atoms with Crippen LogP contribution in [0.4, 0.5) is 0 Å². The molecular formula is C15H16ClNO2S. The van der Waals surface area contributed by atoms with Crippen LogP contribution in [0.1, 0.15) is 5.56 Å². The first-order valence-corrected chi connectivity index (χ1v) is 7.94. The topological polar surface area (TPSA) is 52.3 Å². The molecule has 0 aliphatic carbocycles. The van der Waals surface area contributed by atoms with Crippen molar-refractivity contribution in [1.82, 2.24) is 0 Å². The standard InChI is InChI=1S/C15H16ClNO2S/c16-13-4-2-6-15(10-13)20(18)8-7-19-14-5-1-3-12(9-14)11-17/h1-6,9-10H,7-8,11,17H2. The van der Waals surface area contributed by atoms with Crippen molar-refractivity contribution in [2.45, 2.75) is 11.4 Å². The van der Waals surface area contributed by atoms with E-state index in [0.29, 0.717) is 23.9 Å². The predicted molar refractivity (Wildman–Crippen MR) is 82.6 cm³/mol. The number of benzene rings is 2. The van der Waals surface area contributed by atoms with Gasteiger partial charge in [0.1, 0.15) is 12.4 Å². The van der Waals surface area contributed by atoms with E-state index in [4.69, 9.17) is 22.1 Å². The monoisotopic (exact) mass is 309 g/mol. The quantitative estimate of drug-likeness (QED) is 0.892. The Hall–Kier alpha value is -1.36. The first-order valence-electron chi connectivity index (χ1n) is 6.25. The predicted octanol–water partition coefficient (Wildman–Crippen LogP) is 2.99. The summed E-state index contributed by atoms with van der Waals surface area (Å²) in [5, 5.41) is 0.590. The van der Waals surface area contributed by atoms with Crippen LogP contribution in [0.3, 0.4) is 0 Å². The molecule has 0 heterocycles. The average Bonchev–Trinajstić information content (AvgIpc) is 2.47. The van der Waals surface area contributed by atoms with E-state index in [0.717, 1.165) is 16.2 Å². The number of rotatable bonds is 6. The molecule has 0 aliphatic heterocycles. The highest BCUT2D eigenvalue weighted by Gasteiger charge is 2.05. The van der Waals surface area contributed by atoms with Crippen LogP contribution in [0.2, 0.25) is 5.02 Å². The van der Waals surface area contributed by atoms with E-state index in [9.17, 15) is 4.21 Å². The van der Waals surface area contributed by atoms with Gasteiger partial charge in [0.25, 0.3) is 0 Å². The first-order chi connectivity index (χ1) is 9.69. The van der Waals surface area contributed by atoms with Gasteiger partial charge in [-0.1, -0.05) is 29.8 Å². The summed E-state index contributed by atoms with van der Waals surface area (Å²) in [7, 11) is -1.11. The molecule has 0 saturated carbocycles. The molecule has 0 fully saturated rings. The SMILES string of the molecule is NCc1cccc(OCCS(=O)c2cccc(Cl)c2)c1. The zero-order valence-electron chi connectivity index (χ0n) is 10.9. The summed E-state index contributed by atoms with van der Waals surface area (Å²) in [6.07, 6.45) is 0. The summed E-state index contributed by atoms with van der Waals surface area (Å²) in [6, 6.07) is 14.7. The van der Waals surface area contributed by atoms with E-state index in [1.54, 1.807) is 24.3 Å². The lowest BCUT2D eigenvalue weighted by atomic mass is 10.2. The van der Waals surface area contributed by atoms with Crippen LogP contribution < -0.4 is 10.5 Å². The van der Waals surface area contributed by atoms with Crippen LogP contribution in [-0.4, -0.2) is 16.6 Å². The molecule has 2 aromatic carbocycles. The summed E-state index contributed by atoms with van der Waals surface area (Å²) in [6.45, 7) is 0.860. The summed E-state index contributed by atoms with van der Waals surface area (Å²) in [4.78, 5) is 0.719. The second-order valence-electron chi connectivity index (χ2n) is 4.21. The van der Waals surface area contributed by atoms with E-state index in [-0.39, 0.29) is 0 Å². The van der Waals surface area contributed by atoms with Gasteiger partial charge in [0, 0.05) is 16.5 Å². The highest BCUT2D eigenvalue weighted by molar-refractivity contribution is 7.85. The van der Waals surface area contributed by atoms with Gasteiger partial charge >= 0.3 is 0 Å². The molecule has 20 heavy (non-hydrogen) atoms. The van der Waals surface area contributed by atoms with Gasteiger partial charge in [-0.3, -0.25) is 4.21 Å². The van der Waals surface area contributed by atoms with Crippen molar-refractivity contribution in [3.05, 3.63) is 59.1 Å². The molecule has 0 aromatic heterocycles. The summed E-state index contributed by atoms with van der Waals surface area (Å²) in [5.41, 5.74) is 6.58. The number of ether oxygens (including phenoxy) is 1. The lowest BCUT2D eigenvalue weighted by Gasteiger charge is -2.07. The van der Waals surface area contributed by atoms with Crippen LogP contribution in [0.5, 0.6) is 5.75 Å². The summed E-state index contributed by atoms with van der Waals surface area (Å²) < 4.78 is 17.7. The zero-order valence-corrected chi connectivity index (χ0v) is 12.5.